The maximum Gasteiger partial charge on any atom is 0.243 e. The van der Waals surface area contributed by atoms with Crippen LogP contribution < -0.4 is 10.2 Å². The van der Waals surface area contributed by atoms with E-state index in [2.05, 4.69) is 10.2 Å². The van der Waals surface area contributed by atoms with Crippen LogP contribution in [-0.2, 0) is 29.0 Å². The average Bonchev–Trinajstić information content (AvgIpc) is 2.75. The molecule has 0 bridgehead atoms. The van der Waals surface area contributed by atoms with E-state index in [0.29, 0.717) is 71.5 Å². The number of amides is 1. The number of benzene rings is 1. The number of hydrogen-bond donors (Lipinski definition) is 1. The van der Waals surface area contributed by atoms with Crippen molar-refractivity contribution in [3.8, 4) is 0 Å². The molecule has 0 spiro atoms. The second-order valence-electron chi connectivity index (χ2n) is 6.79. The zero-order chi connectivity index (χ0) is 20.7. The highest BCUT2D eigenvalue weighted by Gasteiger charge is 2.28. The van der Waals surface area contributed by atoms with Crippen LogP contribution in [0.4, 0.5) is 11.4 Å². The largest absolute Gasteiger partial charge is 0.381 e. The molecule has 3 rings (SSSR count). The number of rotatable bonds is 8. The van der Waals surface area contributed by atoms with Crippen molar-refractivity contribution in [1.82, 2.24) is 4.31 Å². The van der Waals surface area contributed by atoms with Crippen LogP contribution in [0.15, 0.2) is 23.1 Å². The zero-order valence-corrected chi connectivity index (χ0v) is 17.6. The van der Waals surface area contributed by atoms with Gasteiger partial charge >= 0.3 is 0 Å². The first-order valence-electron chi connectivity index (χ1n) is 9.94. The zero-order valence-electron chi connectivity index (χ0n) is 16.8. The van der Waals surface area contributed by atoms with Crippen molar-refractivity contribution >= 4 is 27.3 Å². The first kappa shape index (κ1) is 22.0. The maximum atomic E-state index is 13.0. The molecule has 2 heterocycles. The SMILES string of the molecule is CCOCCC(=O)Nc1cc(S(=O)(=O)N2CCOCC2)ccc1N1CCOCC1. The van der Waals surface area contributed by atoms with Gasteiger partial charge in [-0.05, 0) is 25.1 Å². The molecule has 1 amide bonds. The quantitative estimate of drug-likeness (QED) is 0.616. The molecule has 2 aliphatic rings. The summed E-state index contributed by atoms with van der Waals surface area (Å²) in [5, 5.41) is 2.87. The summed E-state index contributed by atoms with van der Waals surface area (Å²) >= 11 is 0. The fourth-order valence-corrected chi connectivity index (χ4v) is 4.75. The van der Waals surface area contributed by atoms with Gasteiger partial charge in [0.2, 0.25) is 15.9 Å². The van der Waals surface area contributed by atoms with E-state index in [1.54, 1.807) is 18.2 Å². The summed E-state index contributed by atoms with van der Waals surface area (Å²) in [6.07, 6.45) is 0.205. The average molecular weight is 428 g/mol. The molecule has 9 nitrogen and oxygen atoms in total. The maximum absolute atomic E-state index is 13.0. The molecule has 2 fully saturated rings. The number of ether oxygens (including phenoxy) is 3. The molecule has 1 aromatic rings. The second kappa shape index (κ2) is 10.4. The minimum atomic E-state index is -3.65. The Kier molecular flexibility index (Phi) is 7.84. The summed E-state index contributed by atoms with van der Waals surface area (Å²) in [7, 11) is -3.65. The minimum Gasteiger partial charge on any atom is -0.381 e. The lowest BCUT2D eigenvalue weighted by Gasteiger charge is -2.31. The number of carbonyl (C=O) groups excluding carboxylic acids is 1. The van der Waals surface area contributed by atoms with Crippen molar-refractivity contribution in [3.63, 3.8) is 0 Å². The summed E-state index contributed by atoms with van der Waals surface area (Å²) in [5.41, 5.74) is 1.28. The molecule has 0 atom stereocenters. The van der Waals surface area contributed by atoms with Gasteiger partial charge in [0, 0.05) is 32.8 Å². The van der Waals surface area contributed by atoms with E-state index >= 15 is 0 Å². The molecular formula is C19H29N3O6S. The van der Waals surface area contributed by atoms with Crippen LogP contribution >= 0.6 is 0 Å². The molecule has 0 radical (unpaired) electrons. The Bertz CT molecular complexity index is 789. The summed E-state index contributed by atoms with van der Waals surface area (Å²) in [6.45, 7) is 6.67. The predicted molar refractivity (Wildman–Crippen MR) is 109 cm³/mol. The third-order valence-corrected chi connectivity index (χ3v) is 6.77. The molecule has 10 heteroatoms. The molecule has 2 saturated heterocycles. The third-order valence-electron chi connectivity index (χ3n) is 4.88. The van der Waals surface area contributed by atoms with Gasteiger partial charge < -0.3 is 24.4 Å². The van der Waals surface area contributed by atoms with E-state index < -0.39 is 10.0 Å². The molecule has 1 N–H and O–H groups in total. The lowest BCUT2D eigenvalue weighted by Crippen LogP contribution is -2.40. The number of nitrogens with one attached hydrogen (secondary N) is 1. The second-order valence-corrected chi connectivity index (χ2v) is 8.73. The van der Waals surface area contributed by atoms with Gasteiger partial charge in [-0.1, -0.05) is 0 Å². The van der Waals surface area contributed by atoms with Gasteiger partial charge in [-0.2, -0.15) is 4.31 Å². The van der Waals surface area contributed by atoms with Gasteiger partial charge in [0.05, 0.1) is 55.7 Å². The van der Waals surface area contributed by atoms with E-state index in [0.717, 1.165) is 5.69 Å². The van der Waals surface area contributed by atoms with Gasteiger partial charge in [0.25, 0.3) is 0 Å². The highest BCUT2D eigenvalue weighted by atomic mass is 32.2. The van der Waals surface area contributed by atoms with Crippen molar-refractivity contribution in [2.75, 3.05) is 76.0 Å². The monoisotopic (exact) mass is 427 g/mol. The Morgan fingerprint density at radius 3 is 2.41 bits per heavy atom. The van der Waals surface area contributed by atoms with E-state index in [4.69, 9.17) is 14.2 Å². The molecule has 29 heavy (non-hydrogen) atoms. The van der Waals surface area contributed by atoms with Gasteiger partial charge in [-0.3, -0.25) is 4.79 Å². The number of nitrogens with zero attached hydrogens (tertiary/aromatic N) is 2. The van der Waals surface area contributed by atoms with E-state index in [1.807, 2.05) is 6.92 Å². The van der Waals surface area contributed by atoms with Crippen LogP contribution in [0.5, 0.6) is 0 Å². The number of sulfonamides is 1. The predicted octanol–water partition coefficient (Wildman–Crippen LogP) is 0.909. The number of morpholine rings is 2. The number of carbonyl (C=O) groups is 1. The summed E-state index contributed by atoms with van der Waals surface area (Å²) in [5.74, 6) is -0.214. The summed E-state index contributed by atoms with van der Waals surface area (Å²) in [6, 6.07) is 4.91. The molecule has 2 aliphatic heterocycles. The molecule has 0 saturated carbocycles. The van der Waals surface area contributed by atoms with E-state index in [-0.39, 0.29) is 17.2 Å². The highest BCUT2D eigenvalue weighted by molar-refractivity contribution is 7.89. The van der Waals surface area contributed by atoms with Crippen LogP contribution in [0, 0.1) is 0 Å². The molecule has 162 valence electrons. The van der Waals surface area contributed by atoms with Crippen molar-refractivity contribution in [2.45, 2.75) is 18.2 Å². The lowest BCUT2D eigenvalue weighted by molar-refractivity contribution is -0.117. The minimum absolute atomic E-state index is 0.163. The van der Waals surface area contributed by atoms with Crippen molar-refractivity contribution < 1.29 is 27.4 Å². The van der Waals surface area contributed by atoms with E-state index in [9.17, 15) is 13.2 Å². The summed E-state index contributed by atoms with van der Waals surface area (Å²) in [4.78, 5) is 14.6. The normalized spacial score (nSPS) is 18.6. The number of hydrogen-bond acceptors (Lipinski definition) is 7. The molecule has 0 aromatic heterocycles. The topological polar surface area (TPSA) is 97.4 Å². The Morgan fingerprint density at radius 1 is 1.10 bits per heavy atom. The highest BCUT2D eigenvalue weighted by Crippen LogP contribution is 2.31. The van der Waals surface area contributed by atoms with Gasteiger partial charge in [0.1, 0.15) is 0 Å². The number of anilines is 2. The third kappa shape index (κ3) is 5.67. The Hall–Kier alpha value is -1.72. The van der Waals surface area contributed by atoms with Gasteiger partial charge in [-0.25, -0.2) is 8.42 Å². The smallest absolute Gasteiger partial charge is 0.243 e. The first-order valence-corrected chi connectivity index (χ1v) is 11.4. The standard InChI is InChI=1S/C19H29N3O6S/c1-2-26-10-5-19(23)20-17-15-16(29(24,25)22-8-13-28-14-9-22)3-4-18(17)21-6-11-27-12-7-21/h3-4,15H,2,5-14H2,1H3,(H,20,23). The fraction of sp³-hybridized carbons (Fsp3) is 0.632. The van der Waals surface area contributed by atoms with Crippen molar-refractivity contribution in [1.29, 1.82) is 0 Å². The van der Waals surface area contributed by atoms with Crippen LogP contribution in [0.3, 0.4) is 0 Å². The van der Waals surface area contributed by atoms with Crippen LogP contribution in [0.1, 0.15) is 13.3 Å². The van der Waals surface area contributed by atoms with Crippen LogP contribution in [0.25, 0.3) is 0 Å². The Balaban J connectivity index is 1.86. The van der Waals surface area contributed by atoms with Crippen LogP contribution in [0.2, 0.25) is 0 Å². The van der Waals surface area contributed by atoms with Gasteiger partial charge in [-0.15, -0.1) is 0 Å². The van der Waals surface area contributed by atoms with Gasteiger partial charge in [0.15, 0.2) is 0 Å². The van der Waals surface area contributed by atoms with E-state index in [1.165, 1.54) is 4.31 Å². The Morgan fingerprint density at radius 2 is 1.76 bits per heavy atom. The molecule has 0 aliphatic carbocycles. The van der Waals surface area contributed by atoms with Crippen molar-refractivity contribution in [3.05, 3.63) is 18.2 Å². The lowest BCUT2D eigenvalue weighted by atomic mass is 10.2. The molecule has 0 unspecified atom stereocenters. The Labute approximate surface area is 171 Å². The fourth-order valence-electron chi connectivity index (χ4n) is 3.31. The first-order chi connectivity index (χ1) is 14.0. The van der Waals surface area contributed by atoms with Crippen LogP contribution in [-0.4, -0.2) is 84.5 Å². The van der Waals surface area contributed by atoms with Crippen molar-refractivity contribution in [2.24, 2.45) is 0 Å². The molecular weight excluding hydrogens is 398 g/mol. The molecule has 1 aromatic carbocycles. The summed E-state index contributed by atoms with van der Waals surface area (Å²) < 4.78 is 43.4.